The molecule has 3 aromatic carbocycles. The molecule has 0 fully saturated rings. The molecule has 0 aliphatic carbocycles. The van der Waals surface area contributed by atoms with Gasteiger partial charge in [-0.2, -0.15) is 4.80 Å². The van der Waals surface area contributed by atoms with E-state index < -0.39 is 0 Å². The lowest BCUT2D eigenvalue weighted by Gasteiger charge is -2.12. The van der Waals surface area contributed by atoms with Crippen LogP contribution in [0.5, 0.6) is 17.2 Å². The Kier molecular flexibility index (Phi) is 5.27. The molecule has 0 radical (unpaired) electrons. The Labute approximate surface area is 194 Å². The van der Waals surface area contributed by atoms with Gasteiger partial charge in [0.1, 0.15) is 16.8 Å². The quantitative estimate of drug-likeness (QED) is 0.445. The summed E-state index contributed by atoms with van der Waals surface area (Å²) in [6.45, 7) is 2.07. The summed E-state index contributed by atoms with van der Waals surface area (Å²) in [6, 6.07) is 16.2. The van der Waals surface area contributed by atoms with E-state index >= 15 is 0 Å². The molecule has 4 aromatic rings. The molecule has 33 heavy (non-hydrogen) atoms. The van der Waals surface area contributed by atoms with Gasteiger partial charge in [-0.25, -0.2) is 0 Å². The topological polar surface area (TPSA) is 99.5 Å². The van der Waals surface area contributed by atoms with Crippen LogP contribution >= 0.6 is 12.2 Å². The summed E-state index contributed by atoms with van der Waals surface area (Å²) in [5.74, 6) is 1.55. The molecule has 9 nitrogen and oxygen atoms in total. The maximum atomic E-state index is 12.6. The van der Waals surface area contributed by atoms with Crippen LogP contribution in [-0.2, 0) is 0 Å². The second-order valence-corrected chi connectivity index (χ2v) is 7.73. The molecule has 0 bridgehead atoms. The normalized spacial score (nSPS) is 11.9. The van der Waals surface area contributed by atoms with Crippen molar-refractivity contribution in [2.24, 2.45) is 0 Å². The fourth-order valence-corrected chi connectivity index (χ4v) is 3.60. The number of hydrogen-bond acceptors (Lipinski definition) is 7. The first kappa shape index (κ1) is 20.7. The van der Waals surface area contributed by atoms with E-state index in [1.54, 1.807) is 30.1 Å². The number of aryl methyl sites for hydroxylation is 1. The van der Waals surface area contributed by atoms with Crippen LogP contribution < -0.4 is 24.8 Å². The molecule has 0 atom stereocenters. The lowest BCUT2D eigenvalue weighted by atomic mass is 10.1. The number of fused-ring (bicyclic) bond motifs is 2. The molecule has 10 heteroatoms. The van der Waals surface area contributed by atoms with Crippen molar-refractivity contribution in [3.8, 4) is 22.9 Å². The number of nitrogens with zero attached hydrogens (tertiary/aromatic N) is 3. The summed E-state index contributed by atoms with van der Waals surface area (Å²) in [4.78, 5) is 14.1. The van der Waals surface area contributed by atoms with Crippen molar-refractivity contribution in [2.45, 2.75) is 6.92 Å². The van der Waals surface area contributed by atoms with Gasteiger partial charge in [0.15, 0.2) is 16.6 Å². The summed E-state index contributed by atoms with van der Waals surface area (Å²) in [5, 5.41) is 15.0. The third-order valence-electron chi connectivity index (χ3n) is 5.14. The largest absolute Gasteiger partial charge is 0.497 e. The Morgan fingerprint density at radius 2 is 1.76 bits per heavy atom. The Bertz CT molecular complexity index is 1380. The van der Waals surface area contributed by atoms with E-state index in [0.29, 0.717) is 22.6 Å². The Balaban J connectivity index is 1.32. The molecule has 1 aromatic heterocycles. The highest BCUT2D eigenvalue weighted by Gasteiger charge is 2.17. The number of benzene rings is 3. The van der Waals surface area contributed by atoms with Gasteiger partial charge in [0.25, 0.3) is 5.91 Å². The number of rotatable bonds is 4. The van der Waals surface area contributed by atoms with Crippen molar-refractivity contribution in [3.63, 3.8) is 0 Å². The Morgan fingerprint density at radius 1 is 1.03 bits per heavy atom. The molecule has 166 valence electrons. The highest BCUT2D eigenvalue weighted by atomic mass is 32.1. The minimum absolute atomic E-state index is 0.144. The number of methoxy groups -OCH3 is 1. The van der Waals surface area contributed by atoms with Crippen molar-refractivity contribution in [2.75, 3.05) is 19.2 Å². The summed E-state index contributed by atoms with van der Waals surface area (Å²) < 4.78 is 15.8. The monoisotopic (exact) mass is 461 g/mol. The van der Waals surface area contributed by atoms with Crippen LogP contribution in [0.15, 0.2) is 54.6 Å². The van der Waals surface area contributed by atoms with Crippen LogP contribution in [-0.4, -0.2) is 39.9 Å². The molecule has 1 aliphatic rings. The summed E-state index contributed by atoms with van der Waals surface area (Å²) >= 11 is 5.35. The molecule has 0 spiro atoms. The zero-order chi connectivity index (χ0) is 22.9. The lowest BCUT2D eigenvalue weighted by Crippen LogP contribution is -2.34. The van der Waals surface area contributed by atoms with E-state index in [1.807, 2.05) is 43.3 Å². The highest BCUT2D eigenvalue weighted by Crippen LogP contribution is 2.32. The number of anilines is 1. The first-order valence-corrected chi connectivity index (χ1v) is 10.4. The maximum absolute atomic E-state index is 12.6. The van der Waals surface area contributed by atoms with Crippen LogP contribution in [0.2, 0.25) is 0 Å². The van der Waals surface area contributed by atoms with Crippen LogP contribution in [0.3, 0.4) is 0 Å². The number of carbonyl (C=O) groups excluding carboxylic acids is 1. The van der Waals surface area contributed by atoms with Gasteiger partial charge in [-0.15, -0.1) is 10.2 Å². The van der Waals surface area contributed by atoms with Gasteiger partial charge in [0, 0.05) is 11.3 Å². The van der Waals surface area contributed by atoms with Gasteiger partial charge < -0.3 is 19.5 Å². The number of thiocarbonyl (C=S) groups is 1. The van der Waals surface area contributed by atoms with Crippen LogP contribution in [0.25, 0.3) is 16.7 Å². The lowest BCUT2D eigenvalue weighted by molar-refractivity contribution is 0.0977. The number of aromatic nitrogens is 3. The second-order valence-electron chi connectivity index (χ2n) is 7.32. The van der Waals surface area contributed by atoms with E-state index in [2.05, 4.69) is 20.8 Å². The minimum atomic E-state index is -0.352. The smallest absolute Gasteiger partial charge is 0.257 e. The summed E-state index contributed by atoms with van der Waals surface area (Å²) in [5.41, 5.74) is 4.28. The molecule has 0 unspecified atom stereocenters. The van der Waals surface area contributed by atoms with E-state index in [0.717, 1.165) is 28.2 Å². The van der Waals surface area contributed by atoms with E-state index in [-0.39, 0.29) is 17.8 Å². The van der Waals surface area contributed by atoms with Crippen molar-refractivity contribution in [3.05, 3.63) is 65.7 Å². The third-order valence-corrected chi connectivity index (χ3v) is 5.34. The van der Waals surface area contributed by atoms with Gasteiger partial charge in [-0.1, -0.05) is 0 Å². The molecule has 0 saturated carbocycles. The standard InChI is InChI=1S/C23H19N5O4S/c1-13-9-18-19(27-28(26-18)15-4-6-16(30-2)7-5-15)11-17(13)24-23(33)25-22(29)14-3-8-20-21(10-14)32-12-31-20/h3-11H,12H2,1-2H3,(H2,24,25,29,33). The van der Waals surface area contributed by atoms with E-state index in [4.69, 9.17) is 26.4 Å². The van der Waals surface area contributed by atoms with Crippen molar-refractivity contribution in [1.82, 2.24) is 20.3 Å². The fourth-order valence-electron chi connectivity index (χ4n) is 3.40. The average Bonchev–Trinajstić information content (AvgIpc) is 3.45. The molecule has 2 heterocycles. The summed E-state index contributed by atoms with van der Waals surface area (Å²) in [7, 11) is 1.62. The van der Waals surface area contributed by atoms with Gasteiger partial charge in [-0.3, -0.25) is 10.1 Å². The molecular formula is C23H19N5O4S. The second kappa shape index (κ2) is 8.40. The molecular weight excluding hydrogens is 442 g/mol. The number of amides is 1. The first-order valence-electron chi connectivity index (χ1n) is 10.0. The van der Waals surface area contributed by atoms with Gasteiger partial charge >= 0.3 is 0 Å². The van der Waals surface area contributed by atoms with Crippen LogP contribution in [0, 0.1) is 6.92 Å². The van der Waals surface area contributed by atoms with E-state index in [9.17, 15) is 4.79 Å². The molecule has 5 rings (SSSR count). The molecule has 1 amide bonds. The fraction of sp³-hybridized carbons (Fsp3) is 0.130. The predicted molar refractivity (Wildman–Crippen MR) is 126 cm³/mol. The van der Waals surface area contributed by atoms with Gasteiger partial charge in [0.05, 0.1) is 12.8 Å². The van der Waals surface area contributed by atoms with Crippen molar-refractivity contribution in [1.29, 1.82) is 0 Å². The zero-order valence-electron chi connectivity index (χ0n) is 17.8. The highest BCUT2D eigenvalue weighted by molar-refractivity contribution is 7.80. The SMILES string of the molecule is COc1ccc(-n2nc3cc(C)c(NC(=S)NC(=O)c4ccc5c(c4)OCO5)cc3n2)cc1. The van der Waals surface area contributed by atoms with Crippen molar-refractivity contribution < 1.29 is 19.0 Å². The predicted octanol–water partition coefficient (Wildman–Crippen LogP) is 3.59. The van der Waals surface area contributed by atoms with Gasteiger partial charge in [-0.05, 0) is 79.3 Å². The first-order chi connectivity index (χ1) is 16.0. The number of ether oxygens (including phenoxy) is 3. The maximum Gasteiger partial charge on any atom is 0.257 e. The molecule has 0 saturated heterocycles. The minimum Gasteiger partial charge on any atom is -0.497 e. The average molecular weight is 462 g/mol. The Hall–Kier alpha value is -4.18. The molecule has 2 N–H and O–H groups in total. The van der Waals surface area contributed by atoms with Gasteiger partial charge in [0.2, 0.25) is 6.79 Å². The summed E-state index contributed by atoms with van der Waals surface area (Å²) in [6.07, 6.45) is 0. The van der Waals surface area contributed by atoms with Crippen LogP contribution in [0.4, 0.5) is 5.69 Å². The Morgan fingerprint density at radius 3 is 2.52 bits per heavy atom. The van der Waals surface area contributed by atoms with E-state index in [1.165, 1.54) is 0 Å². The number of hydrogen-bond donors (Lipinski definition) is 2. The third kappa shape index (κ3) is 4.15. The van der Waals surface area contributed by atoms with Crippen LogP contribution in [0.1, 0.15) is 15.9 Å². The number of nitrogens with one attached hydrogen (secondary N) is 2. The molecule has 1 aliphatic heterocycles. The zero-order valence-corrected chi connectivity index (χ0v) is 18.6. The van der Waals surface area contributed by atoms with Crippen molar-refractivity contribution >= 4 is 40.0 Å². The number of carbonyl (C=O) groups is 1.